The average Bonchev–Trinajstić information content (AvgIpc) is 2.27. The summed E-state index contributed by atoms with van der Waals surface area (Å²) in [5.41, 5.74) is 0.176. The highest BCUT2D eigenvalue weighted by Crippen LogP contribution is 1.90. The van der Waals surface area contributed by atoms with Gasteiger partial charge in [0.1, 0.15) is 12.9 Å². The van der Waals surface area contributed by atoms with Crippen molar-refractivity contribution in [2.45, 2.75) is 26.2 Å². The molecule has 0 aromatic rings. The van der Waals surface area contributed by atoms with Crippen LogP contribution in [0.5, 0.6) is 0 Å². The highest BCUT2D eigenvalue weighted by Gasteiger charge is 1.99. The molecule has 1 N–H and O–H groups in total. The van der Waals surface area contributed by atoms with Gasteiger partial charge in [-0.15, -0.1) is 0 Å². The molecule has 6 heteroatoms. The minimum absolute atomic E-state index is 0.106. The van der Waals surface area contributed by atoms with Gasteiger partial charge in [0, 0.05) is 12.0 Å². The van der Waals surface area contributed by atoms with E-state index in [-0.39, 0.29) is 31.4 Å². The summed E-state index contributed by atoms with van der Waals surface area (Å²) in [6, 6.07) is 1.83. The second kappa shape index (κ2) is 11.9. The first-order valence-corrected chi connectivity index (χ1v) is 4.80. The maximum atomic E-state index is 10.6. The largest absolute Gasteiger partial charge is 0.478 e. The Morgan fingerprint density at radius 2 is 2.06 bits per heavy atom. The molecule has 0 fully saturated rings. The molecule has 0 aromatic carbocycles. The van der Waals surface area contributed by atoms with Gasteiger partial charge in [-0.3, -0.25) is 4.79 Å². The normalized spacial score (nSPS) is 8.00. The number of rotatable bonds is 6. The summed E-state index contributed by atoms with van der Waals surface area (Å²) in [5, 5.41) is 15.9. The molecule has 0 saturated heterocycles. The number of carbonyl (C=O) groups excluding carboxylic acids is 2. The van der Waals surface area contributed by atoms with Crippen molar-refractivity contribution >= 4 is 18.2 Å². The van der Waals surface area contributed by atoms with Crippen LogP contribution < -0.4 is 0 Å². The lowest BCUT2D eigenvalue weighted by atomic mass is 10.3. The van der Waals surface area contributed by atoms with E-state index in [2.05, 4.69) is 11.3 Å². The van der Waals surface area contributed by atoms with Crippen LogP contribution in [0.25, 0.3) is 0 Å². The molecule has 6 nitrogen and oxygen atoms in total. The fraction of sp³-hybridized carbons (Fsp3) is 0.455. The number of esters is 1. The summed E-state index contributed by atoms with van der Waals surface area (Å²) in [7, 11) is 0. The molecule has 0 atom stereocenters. The van der Waals surface area contributed by atoms with E-state index in [1.54, 1.807) is 0 Å². The van der Waals surface area contributed by atoms with Gasteiger partial charge in [-0.25, -0.2) is 4.79 Å². The van der Waals surface area contributed by atoms with Crippen LogP contribution in [-0.2, 0) is 19.1 Å². The Labute approximate surface area is 99.5 Å². The Balaban J connectivity index is 0. The number of carboxylic acid groups (broad SMARTS) is 1. The monoisotopic (exact) mass is 241 g/mol. The van der Waals surface area contributed by atoms with Gasteiger partial charge in [0.15, 0.2) is 0 Å². The zero-order chi connectivity index (χ0) is 13.7. The van der Waals surface area contributed by atoms with Gasteiger partial charge in [0.25, 0.3) is 0 Å². The van der Waals surface area contributed by atoms with Crippen molar-refractivity contribution in [3.05, 3.63) is 12.2 Å². The van der Waals surface area contributed by atoms with E-state index in [1.165, 1.54) is 6.92 Å². The number of ether oxygens (including phenoxy) is 1. The first kappa shape index (κ1) is 17.2. The van der Waals surface area contributed by atoms with Crippen molar-refractivity contribution in [3.8, 4) is 6.07 Å². The number of hydrogen-bond donors (Lipinski definition) is 1. The number of carbonyl (C=O) groups is 3. The number of aliphatic carboxylic acids is 1. The maximum absolute atomic E-state index is 10.6. The van der Waals surface area contributed by atoms with Crippen molar-refractivity contribution in [3.63, 3.8) is 0 Å². The Hall–Kier alpha value is -2.16. The molecule has 0 aliphatic rings. The molecule has 0 heterocycles. The van der Waals surface area contributed by atoms with Gasteiger partial charge >= 0.3 is 11.9 Å². The highest BCUT2D eigenvalue weighted by atomic mass is 16.5. The summed E-state index contributed by atoms with van der Waals surface area (Å²) >= 11 is 0. The molecule has 0 unspecified atom stereocenters. The van der Waals surface area contributed by atoms with E-state index < -0.39 is 11.9 Å². The van der Waals surface area contributed by atoms with Crippen LogP contribution in [0.15, 0.2) is 12.2 Å². The standard InChI is InChI=1S/C7H9NO3.C4H6O2/c8-4-2-6-11-7(10)3-1-5-9;1-3(2)4(5)6/h5H,1-3,6H2;1H2,2H3,(H,5,6). The first-order valence-electron chi connectivity index (χ1n) is 4.80. The van der Waals surface area contributed by atoms with Crippen LogP contribution in [-0.4, -0.2) is 29.9 Å². The van der Waals surface area contributed by atoms with Crippen molar-refractivity contribution in [1.29, 1.82) is 5.26 Å². The summed E-state index contributed by atoms with van der Waals surface area (Å²) in [6.07, 6.45) is 1.15. The van der Waals surface area contributed by atoms with E-state index in [0.717, 1.165) is 0 Å². The Bertz CT molecular complexity index is 304. The van der Waals surface area contributed by atoms with Crippen molar-refractivity contribution in [2.24, 2.45) is 0 Å². The minimum Gasteiger partial charge on any atom is -0.478 e. The third-order valence-electron chi connectivity index (χ3n) is 1.31. The van der Waals surface area contributed by atoms with Crippen molar-refractivity contribution < 1.29 is 24.2 Å². The molecule has 0 rings (SSSR count). The number of aldehydes is 1. The van der Waals surface area contributed by atoms with E-state index >= 15 is 0 Å². The fourth-order valence-electron chi connectivity index (χ4n) is 0.459. The van der Waals surface area contributed by atoms with Crippen molar-refractivity contribution in [1.82, 2.24) is 0 Å². The Morgan fingerprint density at radius 3 is 2.41 bits per heavy atom. The predicted octanol–water partition coefficient (Wildman–Crippen LogP) is 1.07. The number of carboxylic acids is 1. The summed E-state index contributed by atoms with van der Waals surface area (Å²) in [5.74, 6) is -1.36. The number of nitrogens with zero attached hydrogens (tertiary/aromatic N) is 1. The molecular weight excluding hydrogens is 226 g/mol. The molecular formula is C11H15NO5. The molecule has 0 radical (unpaired) electrons. The maximum Gasteiger partial charge on any atom is 0.330 e. The van der Waals surface area contributed by atoms with Crippen molar-refractivity contribution in [2.75, 3.05) is 6.61 Å². The average molecular weight is 241 g/mol. The van der Waals surface area contributed by atoms with E-state index in [1.807, 2.05) is 6.07 Å². The second-order valence-electron chi connectivity index (χ2n) is 2.92. The molecule has 94 valence electrons. The lowest BCUT2D eigenvalue weighted by Crippen LogP contribution is -2.05. The Morgan fingerprint density at radius 1 is 1.53 bits per heavy atom. The van der Waals surface area contributed by atoms with Gasteiger partial charge in [-0.1, -0.05) is 6.58 Å². The molecule has 0 spiro atoms. The third-order valence-corrected chi connectivity index (χ3v) is 1.31. The van der Waals surface area contributed by atoms with Crippen LogP contribution in [0.3, 0.4) is 0 Å². The third kappa shape index (κ3) is 16.5. The smallest absolute Gasteiger partial charge is 0.330 e. The molecule has 0 aromatic heterocycles. The quantitative estimate of drug-likeness (QED) is 0.323. The SMILES string of the molecule is C=C(C)C(=O)O.N#CCCOC(=O)CCC=O. The van der Waals surface area contributed by atoms with Crippen LogP contribution >= 0.6 is 0 Å². The van der Waals surface area contributed by atoms with Gasteiger partial charge in [-0.2, -0.15) is 5.26 Å². The lowest BCUT2D eigenvalue weighted by Gasteiger charge is -1.98. The van der Waals surface area contributed by atoms with Gasteiger partial charge in [0.2, 0.25) is 0 Å². The molecule has 0 saturated carbocycles. The van der Waals surface area contributed by atoms with E-state index in [9.17, 15) is 14.4 Å². The van der Waals surface area contributed by atoms with Crippen LogP contribution in [0.1, 0.15) is 26.2 Å². The molecule has 17 heavy (non-hydrogen) atoms. The topological polar surface area (TPSA) is 104 Å². The zero-order valence-corrected chi connectivity index (χ0v) is 9.64. The lowest BCUT2D eigenvalue weighted by molar-refractivity contribution is -0.144. The highest BCUT2D eigenvalue weighted by molar-refractivity contribution is 5.84. The Kier molecular flexibility index (Phi) is 12.1. The predicted molar refractivity (Wildman–Crippen MR) is 58.9 cm³/mol. The summed E-state index contributed by atoms with van der Waals surface area (Å²) < 4.78 is 4.56. The van der Waals surface area contributed by atoms with E-state index in [4.69, 9.17) is 10.4 Å². The minimum atomic E-state index is -0.935. The molecule has 0 aliphatic heterocycles. The van der Waals surface area contributed by atoms with Crippen LogP contribution in [0.2, 0.25) is 0 Å². The zero-order valence-electron chi connectivity index (χ0n) is 9.64. The number of nitriles is 1. The molecule has 0 aliphatic carbocycles. The molecule has 0 bridgehead atoms. The van der Waals surface area contributed by atoms with Crippen LogP contribution in [0.4, 0.5) is 0 Å². The van der Waals surface area contributed by atoms with E-state index in [0.29, 0.717) is 6.29 Å². The summed E-state index contributed by atoms with van der Waals surface area (Å²) in [4.78, 5) is 30.0. The van der Waals surface area contributed by atoms with Gasteiger partial charge in [0.05, 0.1) is 18.9 Å². The van der Waals surface area contributed by atoms with Gasteiger partial charge < -0.3 is 14.6 Å². The fourth-order valence-corrected chi connectivity index (χ4v) is 0.459. The first-order chi connectivity index (χ1) is 7.95. The summed E-state index contributed by atoms with van der Waals surface area (Å²) in [6.45, 7) is 4.72. The second-order valence-corrected chi connectivity index (χ2v) is 2.92. The molecule has 0 amide bonds. The van der Waals surface area contributed by atoms with Gasteiger partial charge in [-0.05, 0) is 6.92 Å². The van der Waals surface area contributed by atoms with Crippen LogP contribution in [0, 0.1) is 11.3 Å². The number of hydrogen-bond acceptors (Lipinski definition) is 5.